The smallest absolute Gasteiger partial charge is 0.316 e. The number of fused-ring (bicyclic) bond motifs is 1. The second-order valence-corrected chi connectivity index (χ2v) is 4.95. The molecule has 1 heterocycles. The Kier molecular flexibility index (Phi) is 2.96. The van der Waals surface area contributed by atoms with E-state index in [1.165, 1.54) is 11.8 Å². The Hall–Kier alpha value is -1.36. The number of ether oxygens (including phenoxy) is 2. The zero-order chi connectivity index (χ0) is 11.7. The van der Waals surface area contributed by atoms with Crippen LogP contribution in [0.5, 0.6) is 11.5 Å². The van der Waals surface area contributed by atoms with Gasteiger partial charge in [-0.2, -0.15) is 0 Å². The lowest BCUT2D eigenvalue weighted by molar-refractivity contribution is -0.136. The highest BCUT2D eigenvalue weighted by Crippen LogP contribution is 2.39. The SMILES string of the molecule is Cc1cc2c(cc1SC(C)C(=O)O)OCO2. The number of rotatable bonds is 3. The first kappa shape index (κ1) is 11.1. The summed E-state index contributed by atoms with van der Waals surface area (Å²) in [6.07, 6.45) is 0. The molecule has 86 valence electrons. The second-order valence-electron chi connectivity index (χ2n) is 3.57. The molecule has 0 fully saturated rings. The van der Waals surface area contributed by atoms with E-state index in [-0.39, 0.29) is 6.79 Å². The van der Waals surface area contributed by atoms with E-state index in [0.29, 0.717) is 5.75 Å². The van der Waals surface area contributed by atoms with E-state index in [1.807, 2.05) is 19.1 Å². The summed E-state index contributed by atoms with van der Waals surface area (Å²) in [7, 11) is 0. The first-order valence-electron chi connectivity index (χ1n) is 4.87. The van der Waals surface area contributed by atoms with E-state index in [2.05, 4.69) is 0 Å². The van der Waals surface area contributed by atoms with Crippen LogP contribution in [0.4, 0.5) is 0 Å². The molecular formula is C11H12O4S. The number of hydrogen-bond acceptors (Lipinski definition) is 4. The number of aliphatic carboxylic acids is 1. The summed E-state index contributed by atoms with van der Waals surface area (Å²) in [5, 5.41) is 8.38. The minimum Gasteiger partial charge on any atom is -0.480 e. The molecule has 0 amide bonds. The minimum absolute atomic E-state index is 0.234. The van der Waals surface area contributed by atoms with E-state index in [4.69, 9.17) is 14.6 Å². The molecule has 1 aromatic rings. The molecule has 0 aliphatic carbocycles. The molecule has 0 aromatic heterocycles. The largest absolute Gasteiger partial charge is 0.480 e. The highest BCUT2D eigenvalue weighted by molar-refractivity contribution is 8.00. The van der Waals surface area contributed by atoms with Crippen molar-refractivity contribution < 1.29 is 19.4 Å². The fourth-order valence-electron chi connectivity index (χ4n) is 1.39. The number of hydrogen-bond donors (Lipinski definition) is 1. The van der Waals surface area contributed by atoms with Crippen LogP contribution >= 0.6 is 11.8 Å². The molecule has 4 nitrogen and oxygen atoms in total. The summed E-state index contributed by atoms with van der Waals surface area (Å²) in [5.74, 6) is 0.595. The third kappa shape index (κ3) is 2.09. The Morgan fingerprint density at radius 2 is 2.06 bits per heavy atom. The Bertz CT molecular complexity index is 430. The van der Waals surface area contributed by atoms with Crippen LogP contribution in [0.15, 0.2) is 17.0 Å². The topological polar surface area (TPSA) is 55.8 Å². The van der Waals surface area contributed by atoms with E-state index >= 15 is 0 Å². The van der Waals surface area contributed by atoms with Crippen LogP contribution in [0.1, 0.15) is 12.5 Å². The fourth-order valence-corrected chi connectivity index (χ4v) is 2.29. The van der Waals surface area contributed by atoms with Gasteiger partial charge in [-0.05, 0) is 31.5 Å². The Morgan fingerprint density at radius 1 is 1.44 bits per heavy atom. The van der Waals surface area contributed by atoms with Gasteiger partial charge in [0.25, 0.3) is 0 Å². The van der Waals surface area contributed by atoms with Crippen molar-refractivity contribution in [2.45, 2.75) is 24.0 Å². The average molecular weight is 240 g/mol. The van der Waals surface area contributed by atoms with E-state index < -0.39 is 11.2 Å². The maximum atomic E-state index is 10.8. The molecule has 16 heavy (non-hydrogen) atoms. The van der Waals surface area contributed by atoms with Crippen molar-refractivity contribution in [3.63, 3.8) is 0 Å². The van der Waals surface area contributed by atoms with Gasteiger partial charge in [-0.25, -0.2) is 0 Å². The maximum absolute atomic E-state index is 10.8. The molecular weight excluding hydrogens is 228 g/mol. The number of carbonyl (C=O) groups is 1. The van der Waals surface area contributed by atoms with Gasteiger partial charge in [0.2, 0.25) is 6.79 Å². The summed E-state index contributed by atoms with van der Waals surface area (Å²) in [5.41, 5.74) is 1.00. The molecule has 0 saturated carbocycles. The molecule has 0 spiro atoms. The van der Waals surface area contributed by atoms with Crippen molar-refractivity contribution in [3.8, 4) is 11.5 Å². The molecule has 2 rings (SSSR count). The molecule has 1 aliphatic rings. The summed E-state index contributed by atoms with van der Waals surface area (Å²) in [6, 6.07) is 3.71. The van der Waals surface area contributed by atoms with Crippen LogP contribution < -0.4 is 9.47 Å². The van der Waals surface area contributed by atoms with Gasteiger partial charge in [-0.15, -0.1) is 11.8 Å². The number of benzene rings is 1. The standard InChI is InChI=1S/C11H12O4S/c1-6-3-8-9(15-5-14-8)4-10(6)16-7(2)11(12)13/h3-4,7H,5H2,1-2H3,(H,12,13). The Labute approximate surface area is 97.6 Å². The van der Waals surface area contributed by atoms with Crippen molar-refractivity contribution in [2.24, 2.45) is 0 Å². The minimum atomic E-state index is -0.818. The van der Waals surface area contributed by atoms with Crippen molar-refractivity contribution in [2.75, 3.05) is 6.79 Å². The number of thioether (sulfide) groups is 1. The number of aryl methyl sites for hydroxylation is 1. The highest BCUT2D eigenvalue weighted by Gasteiger charge is 2.19. The van der Waals surface area contributed by atoms with Gasteiger partial charge in [-0.1, -0.05) is 0 Å². The first-order valence-corrected chi connectivity index (χ1v) is 5.75. The van der Waals surface area contributed by atoms with E-state index in [9.17, 15) is 4.79 Å². The average Bonchev–Trinajstić information content (AvgIpc) is 2.65. The van der Waals surface area contributed by atoms with Gasteiger partial charge in [0.1, 0.15) is 5.25 Å². The first-order chi connectivity index (χ1) is 7.58. The molecule has 1 aliphatic heterocycles. The molecule has 1 atom stereocenters. The van der Waals surface area contributed by atoms with E-state index in [0.717, 1.165) is 16.2 Å². The van der Waals surface area contributed by atoms with Crippen molar-refractivity contribution in [1.82, 2.24) is 0 Å². The Morgan fingerprint density at radius 3 is 2.69 bits per heavy atom. The molecule has 1 unspecified atom stereocenters. The van der Waals surface area contributed by atoms with Crippen LogP contribution in [0, 0.1) is 6.92 Å². The lowest BCUT2D eigenvalue weighted by Gasteiger charge is -2.09. The van der Waals surface area contributed by atoms with Crippen LogP contribution in [-0.2, 0) is 4.79 Å². The van der Waals surface area contributed by atoms with Gasteiger partial charge in [0.05, 0.1) is 0 Å². The van der Waals surface area contributed by atoms with Crippen molar-refractivity contribution >= 4 is 17.7 Å². The predicted molar refractivity (Wildman–Crippen MR) is 60.3 cm³/mol. The maximum Gasteiger partial charge on any atom is 0.316 e. The summed E-state index contributed by atoms with van der Waals surface area (Å²) in [6.45, 7) is 3.83. The fraction of sp³-hybridized carbons (Fsp3) is 0.364. The lowest BCUT2D eigenvalue weighted by Crippen LogP contribution is -2.11. The van der Waals surface area contributed by atoms with Gasteiger partial charge in [-0.3, -0.25) is 4.79 Å². The van der Waals surface area contributed by atoms with Crippen LogP contribution in [0.2, 0.25) is 0 Å². The molecule has 5 heteroatoms. The van der Waals surface area contributed by atoms with Crippen molar-refractivity contribution in [3.05, 3.63) is 17.7 Å². The van der Waals surface area contributed by atoms with Crippen LogP contribution in [-0.4, -0.2) is 23.1 Å². The number of carboxylic acids is 1. The van der Waals surface area contributed by atoms with Crippen LogP contribution in [0.25, 0.3) is 0 Å². The lowest BCUT2D eigenvalue weighted by atomic mass is 10.2. The quantitative estimate of drug-likeness (QED) is 0.821. The zero-order valence-electron chi connectivity index (χ0n) is 9.02. The van der Waals surface area contributed by atoms with Crippen LogP contribution in [0.3, 0.4) is 0 Å². The van der Waals surface area contributed by atoms with E-state index in [1.54, 1.807) is 6.92 Å². The van der Waals surface area contributed by atoms with Gasteiger partial charge in [0.15, 0.2) is 11.5 Å². The van der Waals surface area contributed by atoms with Gasteiger partial charge < -0.3 is 14.6 Å². The molecule has 0 saturated heterocycles. The Balaban J connectivity index is 2.25. The van der Waals surface area contributed by atoms with Crippen molar-refractivity contribution in [1.29, 1.82) is 0 Å². The molecule has 1 N–H and O–H groups in total. The molecule has 1 aromatic carbocycles. The number of carboxylic acid groups (broad SMARTS) is 1. The predicted octanol–water partition coefficient (Wildman–Crippen LogP) is 2.29. The summed E-state index contributed by atoms with van der Waals surface area (Å²) in [4.78, 5) is 11.7. The highest BCUT2D eigenvalue weighted by atomic mass is 32.2. The molecule has 0 radical (unpaired) electrons. The monoisotopic (exact) mass is 240 g/mol. The molecule has 0 bridgehead atoms. The summed E-state index contributed by atoms with van der Waals surface area (Å²) < 4.78 is 10.5. The third-order valence-electron chi connectivity index (χ3n) is 2.32. The van der Waals surface area contributed by atoms with Gasteiger partial charge >= 0.3 is 5.97 Å². The third-order valence-corrected chi connectivity index (χ3v) is 3.57. The van der Waals surface area contributed by atoms with Gasteiger partial charge in [0, 0.05) is 4.90 Å². The second kappa shape index (κ2) is 4.25. The normalized spacial score (nSPS) is 14.9. The summed E-state index contributed by atoms with van der Waals surface area (Å²) >= 11 is 1.31. The zero-order valence-corrected chi connectivity index (χ0v) is 9.84.